The van der Waals surface area contributed by atoms with Crippen molar-refractivity contribution in [2.75, 3.05) is 36.8 Å². The van der Waals surface area contributed by atoms with E-state index >= 15 is 0 Å². The van der Waals surface area contributed by atoms with E-state index in [-0.39, 0.29) is 12.2 Å². The average molecular weight is 523 g/mol. The second-order valence-electron chi connectivity index (χ2n) is 9.84. The van der Waals surface area contributed by atoms with Crippen LogP contribution in [0.15, 0.2) is 47.1 Å². The lowest BCUT2D eigenvalue weighted by Gasteiger charge is -2.30. The fourth-order valence-corrected chi connectivity index (χ4v) is 5.65. The minimum Gasteiger partial charge on any atom is -0.486 e. The van der Waals surface area contributed by atoms with Gasteiger partial charge >= 0.3 is 0 Å². The van der Waals surface area contributed by atoms with Crippen LogP contribution in [-0.4, -0.2) is 49.1 Å². The van der Waals surface area contributed by atoms with E-state index in [0.717, 1.165) is 43.9 Å². The van der Waals surface area contributed by atoms with Gasteiger partial charge < -0.3 is 26.8 Å². The van der Waals surface area contributed by atoms with E-state index < -0.39 is 0 Å². The normalized spacial score (nSPS) is 20.1. The van der Waals surface area contributed by atoms with E-state index in [1.54, 1.807) is 0 Å². The standard InChI is InChI=1S/C27H36N7O2S/c1-17(23-16-37-27(30)31-23)32-36-18(2)24-6-4-21-11-20(3-7-25(21)35-24)22-5-8-26-33(10-9-28)13-19(12-29)14-34(26)15-22/h3,5,7-8,11,15-16,18-19,24H,4,6,9-10,12-14,28-29H2,1-2H3,(H2,30,31)/q+1/b32-17+. The van der Waals surface area contributed by atoms with Crippen molar-refractivity contribution in [3.8, 4) is 16.9 Å². The minimum atomic E-state index is -0.192. The molecular formula is C27H36N7O2S+. The molecule has 2 aliphatic heterocycles. The number of thiazole rings is 1. The van der Waals surface area contributed by atoms with Gasteiger partial charge in [0, 0.05) is 36.0 Å². The fraction of sp³-hybridized carbons (Fsp3) is 0.444. The second kappa shape index (κ2) is 11.0. The topological polar surface area (TPSA) is 129 Å². The van der Waals surface area contributed by atoms with Crippen molar-refractivity contribution >= 4 is 28.0 Å². The molecule has 2 aromatic heterocycles. The maximum Gasteiger partial charge on any atom is 0.276 e. The number of pyridine rings is 1. The van der Waals surface area contributed by atoms with Gasteiger partial charge in [-0.25, -0.2) is 9.55 Å². The Kier molecular flexibility index (Phi) is 7.59. The van der Waals surface area contributed by atoms with Crippen LogP contribution in [0.3, 0.4) is 0 Å². The molecule has 10 heteroatoms. The number of hydrogen-bond donors (Lipinski definition) is 3. The number of hydrogen-bond acceptors (Lipinski definition) is 9. The Labute approximate surface area is 221 Å². The first-order chi connectivity index (χ1) is 17.9. The summed E-state index contributed by atoms with van der Waals surface area (Å²) in [6.07, 6.45) is 3.76. The van der Waals surface area contributed by atoms with E-state index in [2.05, 4.69) is 56.1 Å². The van der Waals surface area contributed by atoms with Gasteiger partial charge in [-0.3, -0.25) is 4.90 Å². The highest BCUT2D eigenvalue weighted by atomic mass is 32.1. The number of benzene rings is 1. The van der Waals surface area contributed by atoms with E-state index in [9.17, 15) is 0 Å². The molecule has 3 unspecified atom stereocenters. The lowest BCUT2D eigenvalue weighted by atomic mass is 9.96. The zero-order valence-corrected chi connectivity index (χ0v) is 22.3. The molecule has 0 fully saturated rings. The maximum atomic E-state index is 6.32. The van der Waals surface area contributed by atoms with Crippen LogP contribution in [0.2, 0.25) is 0 Å². The number of nitrogens with zero attached hydrogens (tertiary/aromatic N) is 4. The van der Waals surface area contributed by atoms with Crippen molar-refractivity contribution < 1.29 is 14.1 Å². The summed E-state index contributed by atoms with van der Waals surface area (Å²) in [6, 6.07) is 10.8. The van der Waals surface area contributed by atoms with Gasteiger partial charge in [-0.2, -0.15) is 0 Å². The fourth-order valence-electron chi connectivity index (χ4n) is 5.04. The summed E-state index contributed by atoms with van der Waals surface area (Å²) >= 11 is 1.39. The van der Waals surface area contributed by atoms with Crippen LogP contribution in [0.1, 0.15) is 31.5 Å². The van der Waals surface area contributed by atoms with E-state index in [1.165, 1.54) is 33.8 Å². The van der Waals surface area contributed by atoms with Gasteiger partial charge in [0.25, 0.3) is 5.82 Å². The predicted octanol–water partition coefficient (Wildman–Crippen LogP) is 2.56. The highest BCUT2D eigenvalue weighted by molar-refractivity contribution is 7.13. The number of nitrogen functional groups attached to an aromatic ring is 1. The van der Waals surface area contributed by atoms with Gasteiger partial charge in [0.1, 0.15) is 23.3 Å². The molecule has 4 heterocycles. The molecule has 5 rings (SSSR count). The second-order valence-corrected chi connectivity index (χ2v) is 10.7. The number of oxime groups is 1. The van der Waals surface area contributed by atoms with Crippen LogP contribution in [0.4, 0.5) is 10.9 Å². The monoisotopic (exact) mass is 522 g/mol. The molecule has 3 atom stereocenters. The minimum absolute atomic E-state index is 0.0728. The van der Waals surface area contributed by atoms with Crippen LogP contribution >= 0.6 is 11.3 Å². The first kappa shape index (κ1) is 25.4. The van der Waals surface area contributed by atoms with E-state index in [0.29, 0.717) is 29.9 Å². The molecule has 0 aliphatic carbocycles. The van der Waals surface area contributed by atoms with Crippen LogP contribution in [0.5, 0.6) is 5.75 Å². The molecule has 37 heavy (non-hydrogen) atoms. The molecule has 196 valence electrons. The Morgan fingerprint density at radius 3 is 2.89 bits per heavy atom. The van der Waals surface area contributed by atoms with Gasteiger partial charge in [-0.15, -0.1) is 11.3 Å². The first-order valence-corrected chi connectivity index (χ1v) is 13.7. The van der Waals surface area contributed by atoms with Crippen molar-refractivity contribution in [2.45, 2.75) is 45.4 Å². The molecule has 0 saturated carbocycles. The summed E-state index contributed by atoms with van der Waals surface area (Å²) in [5, 5.41) is 6.66. The Hall–Kier alpha value is -3.21. The van der Waals surface area contributed by atoms with Crippen molar-refractivity contribution in [1.29, 1.82) is 0 Å². The number of anilines is 2. The third kappa shape index (κ3) is 5.56. The number of ether oxygens (including phenoxy) is 1. The van der Waals surface area contributed by atoms with Crippen molar-refractivity contribution in [1.82, 2.24) is 4.98 Å². The molecule has 0 radical (unpaired) electrons. The largest absolute Gasteiger partial charge is 0.486 e. The smallest absolute Gasteiger partial charge is 0.276 e. The maximum absolute atomic E-state index is 6.32. The number of rotatable bonds is 8. The molecule has 0 saturated heterocycles. The van der Waals surface area contributed by atoms with Crippen LogP contribution in [0, 0.1) is 5.92 Å². The highest BCUT2D eigenvalue weighted by Crippen LogP contribution is 2.33. The molecule has 2 aliphatic rings. The summed E-state index contributed by atoms with van der Waals surface area (Å²) in [5.74, 6) is 2.53. The zero-order chi connectivity index (χ0) is 25.9. The van der Waals surface area contributed by atoms with Gasteiger partial charge in [0.15, 0.2) is 11.2 Å². The molecular weight excluding hydrogens is 486 g/mol. The van der Waals surface area contributed by atoms with Crippen molar-refractivity contribution in [3.63, 3.8) is 0 Å². The van der Waals surface area contributed by atoms with Gasteiger partial charge in [0.2, 0.25) is 0 Å². The summed E-state index contributed by atoms with van der Waals surface area (Å²) in [4.78, 5) is 12.4. The van der Waals surface area contributed by atoms with Crippen molar-refractivity contribution in [3.05, 3.63) is 53.2 Å². The molecule has 9 nitrogen and oxygen atoms in total. The number of fused-ring (bicyclic) bond motifs is 2. The average Bonchev–Trinajstić information content (AvgIpc) is 3.36. The number of nitrogens with two attached hydrogens (primary N) is 3. The molecule has 6 N–H and O–H groups in total. The van der Waals surface area contributed by atoms with Crippen LogP contribution in [0.25, 0.3) is 11.1 Å². The number of aryl methyl sites for hydroxylation is 1. The Morgan fingerprint density at radius 2 is 2.14 bits per heavy atom. The van der Waals surface area contributed by atoms with Crippen LogP contribution < -0.4 is 31.4 Å². The quantitative estimate of drug-likeness (QED) is 0.236. The molecule has 1 aromatic carbocycles. The summed E-state index contributed by atoms with van der Waals surface area (Å²) in [7, 11) is 0. The van der Waals surface area contributed by atoms with Gasteiger partial charge in [-0.1, -0.05) is 11.2 Å². The van der Waals surface area contributed by atoms with E-state index in [4.69, 9.17) is 26.8 Å². The zero-order valence-electron chi connectivity index (χ0n) is 21.5. The molecule has 0 bridgehead atoms. The van der Waals surface area contributed by atoms with Crippen molar-refractivity contribution in [2.24, 2.45) is 22.5 Å². The Bertz CT molecular complexity index is 1280. The Balaban J connectivity index is 1.28. The van der Waals surface area contributed by atoms with Gasteiger partial charge in [0.05, 0.1) is 25.8 Å². The summed E-state index contributed by atoms with van der Waals surface area (Å²) in [5.41, 5.74) is 22.6. The molecule has 3 aromatic rings. The predicted molar refractivity (Wildman–Crippen MR) is 148 cm³/mol. The first-order valence-electron chi connectivity index (χ1n) is 12.9. The summed E-state index contributed by atoms with van der Waals surface area (Å²) in [6.45, 7) is 7.86. The highest BCUT2D eigenvalue weighted by Gasteiger charge is 2.31. The third-order valence-corrected chi connectivity index (χ3v) is 7.81. The van der Waals surface area contributed by atoms with Gasteiger partial charge in [-0.05, 0) is 56.0 Å². The molecule has 0 amide bonds. The lowest BCUT2D eigenvalue weighted by molar-refractivity contribution is -0.694. The van der Waals surface area contributed by atoms with E-state index in [1.807, 2.05) is 19.2 Å². The van der Waals surface area contributed by atoms with Crippen LogP contribution in [-0.2, 0) is 17.8 Å². The molecule has 0 spiro atoms. The lowest BCUT2D eigenvalue weighted by Crippen LogP contribution is -2.55. The number of aromatic nitrogens is 2. The summed E-state index contributed by atoms with van der Waals surface area (Å²) < 4.78 is 8.64. The SMILES string of the molecule is C/C(=N\OC(C)C1CCc2cc(-c3ccc4[n+](c3)CC(CN)CN4CCN)ccc2O1)c1csc(N)n1. The Morgan fingerprint density at radius 1 is 1.30 bits per heavy atom. The third-order valence-electron chi connectivity index (χ3n) is 7.13.